The van der Waals surface area contributed by atoms with Crippen LogP contribution in [0.2, 0.25) is 0 Å². The summed E-state index contributed by atoms with van der Waals surface area (Å²) in [6, 6.07) is 10.1. The Bertz CT molecular complexity index is 1140. The number of fused-ring (bicyclic) bond motifs is 3. The smallest absolute Gasteiger partial charge is 0.303 e. The fraction of sp³-hybridized carbons (Fsp3) is 0.690. The van der Waals surface area contributed by atoms with Gasteiger partial charge < -0.3 is 14.6 Å². The van der Waals surface area contributed by atoms with E-state index in [4.69, 9.17) is 4.98 Å². The van der Waals surface area contributed by atoms with E-state index in [0.29, 0.717) is 31.0 Å². The van der Waals surface area contributed by atoms with Gasteiger partial charge in [-0.05, 0) is 63.0 Å². The molecule has 0 spiro atoms. The molecule has 194 valence electrons. The molecule has 1 aromatic heterocycles. The number of rotatable bonds is 5. The molecule has 1 aromatic carbocycles. The predicted octanol–water partition coefficient (Wildman–Crippen LogP) is 4.98. The van der Waals surface area contributed by atoms with E-state index < -0.39 is 5.97 Å². The third kappa shape index (κ3) is 4.55. The standard InChI is InChI=1S/C29H40N4O3/c34-27(35)16-20-14-15-31(19-20)28-29(36)33(26-11-7-6-10-25(26)30-28)24-17-22-12-13-23(18-24)32(22)21-8-4-2-1-3-5-9-21/h6-7,10-11,20-24H,1-5,8-9,12-19H2,(H,34,35)/t20?,22-,23+,24+. The van der Waals surface area contributed by atoms with Crippen molar-refractivity contribution in [1.82, 2.24) is 14.5 Å². The normalized spacial score (nSPS) is 29.9. The van der Waals surface area contributed by atoms with E-state index in [1.165, 1.54) is 57.8 Å². The summed E-state index contributed by atoms with van der Waals surface area (Å²) < 4.78 is 2.07. The van der Waals surface area contributed by atoms with Gasteiger partial charge in [-0.3, -0.25) is 14.5 Å². The van der Waals surface area contributed by atoms with E-state index in [1.54, 1.807) is 0 Å². The van der Waals surface area contributed by atoms with Crippen LogP contribution in [0.15, 0.2) is 29.1 Å². The Morgan fingerprint density at radius 3 is 2.31 bits per heavy atom. The largest absolute Gasteiger partial charge is 0.481 e. The van der Waals surface area contributed by atoms with Gasteiger partial charge in [-0.1, -0.05) is 44.2 Å². The maximum atomic E-state index is 14.0. The summed E-state index contributed by atoms with van der Waals surface area (Å²) in [5.41, 5.74) is 1.81. The summed E-state index contributed by atoms with van der Waals surface area (Å²) in [6.07, 6.45) is 15.1. The Morgan fingerprint density at radius 2 is 1.58 bits per heavy atom. The zero-order valence-electron chi connectivity index (χ0n) is 21.4. The number of hydrogen-bond donors (Lipinski definition) is 1. The van der Waals surface area contributed by atoms with Crippen LogP contribution >= 0.6 is 0 Å². The van der Waals surface area contributed by atoms with Gasteiger partial charge in [0, 0.05) is 43.7 Å². The minimum Gasteiger partial charge on any atom is -0.481 e. The quantitative estimate of drug-likeness (QED) is 0.634. The van der Waals surface area contributed by atoms with Crippen molar-refractivity contribution in [3.63, 3.8) is 0 Å². The minimum absolute atomic E-state index is 0.00785. The average Bonchev–Trinajstić information content (AvgIpc) is 3.39. The molecule has 2 bridgehead atoms. The summed E-state index contributed by atoms with van der Waals surface area (Å²) in [5.74, 6) is -0.180. The average molecular weight is 493 g/mol. The number of carbonyl (C=O) groups is 1. The van der Waals surface area contributed by atoms with E-state index in [1.807, 2.05) is 29.2 Å². The highest BCUT2D eigenvalue weighted by Crippen LogP contribution is 2.44. The molecule has 0 radical (unpaired) electrons. The first-order valence-electron chi connectivity index (χ1n) is 14.3. The minimum atomic E-state index is -0.766. The van der Waals surface area contributed by atoms with Crippen LogP contribution in [0.3, 0.4) is 0 Å². The lowest BCUT2D eigenvalue weighted by Crippen LogP contribution is -2.50. The third-order valence-corrected chi connectivity index (χ3v) is 9.45. The number of carboxylic acids is 1. The topological polar surface area (TPSA) is 78.7 Å². The van der Waals surface area contributed by atoms with Crippen molar-refractivity contribution in [2.75, 3.05) is 18.0 Å². The second kappa shape index (κ2) is 10.2. The fourth-order valence-corrected chi connectivity index (χ4v) is 7.87. The number of aliphatic carboxylic acids is 1. The Balaban J connectivity index is 1.30. The van der Waals surface area contributed by atoms with Gasteiger partial charge in [0.2, 0.25) is 0 Å². The lowest BCUT2D eigenvalue weighted by atomic mass is 9.89. The Labute approximate surface area is 213 Å². The predicted molar refractivity (Wildman–Crippen MR) is 142 cm³/mol. The van der Waals surface area contributed by atoms with Crippen LogP contribution < -0.4 is 10.5 Å². The van der Waals surface area contributed by atoms with Crippen LogP contribution in [-0.4, -0.2) is 56.7 Å². The summed E-state index contributed by atoms with van der Waals surface area (Å²) >= 11 is 0. The zero-order chi connectivity index (χ0) is 24.6. The van der Waals surface area contributed by atoms with Crippen molar-refractivity contribution in [2.24, 2.45) is 5.92 Å². The molecule has 4 aliphatic rings. The Kier molecular flexibility index (Phi) is 6.76. The highest BCUT2D eigenvalue weighted by Gasteiger charge is 2.44. The van der Waals surface area contributed by atoms with Crippen LogP contribution in [0.1, 0.15) is 89.5 Å². The SMILES string of the molecule is O=C(O)CC1CCN(c2nc3ccccc3n([C@H]3C[C@H]4CC[C@@H](C3)N4C3CCCCCCC3)c2=O)C1. The molecule has 2 aromatic rings. The van der Waals surface area contributed by atoms with Gasteiger partial charge in [0.1, 0.15) is 0 Å². The fourth-order valence-electron chi connectivity index (χ4n) is 7.87. The van der Waals surface area contributed by atoms with E-state index in [9.17, 15) is 14.7 Å². The second-order valence-corrected chi connectivity index (χ2v) is 11.8. The molecule has 36 heavy (non-hydrogen) atoms. The zero-order valence-corrected chi connectivity index (χ0v) is 21.4. The van der Waals surface area contributed by atoms with Crippen molar-refractivity contribution >= 4 is 22.8 Å². The monoisotopic (exact) mass is 492 g/mol. The number of nitrogens with zero attached hydrogens (tertiary/aromatic N) is 4. The highest BCUT2D eigenvalue weighted by molar-refractivity contribution is 5.76. The van der Waals surface area contributed by atoms with Crippen molar-refractivity contribution in [2.45, 2.75) is 108 Å². The molecule has 1 unspecified atom stereocenters. The van der Waals surface area contributed by atoms with Crippen LogP contribution in [0.4, 0.5) is 5.82 Å². The molecule has 4 heterocycles. The van der Waals surface area contributed by atoms with E-state index in [-0.39, 0.29) is 23.9 Å². The first kappa shape index (κ1) is 24.0. The molecule has 4 atom stereocenters. The number of aromatic nitrogens is 2. The molecule has 7 heteroatoms. The molecule has 6 rings (SSSR count). The lowest BCUT2D eigenvalue weighted by Gasteiger charge is -2.45. The van der Waals surface area contributed by atoms with Gasteiger partial charge in [-0.2, -0.15) is 0 Å². The van der Waals surface area contributed by atoms with E-state index in [2.05, 4.69) is 9.47 Å². The molecule has 0 amide bonds. The first-order chi connectivity index (χ1) is 17.6. The van der Waals surface area contributed by atoms with Gasteiger partial charge in [0.05, 0.1) is 11.0 Å². The summed E-state index contributed by atoms with van der Waals surface area (Å²) in [7, 11) is 0. The molecule has 4 fully saturated rings. The number of benzene rings is 1. The molecule has 1 aliphatic carbocycles. The summed E-state index contributed by atoms with van der Waals surface area (Å²) in [5, 5.41) is 9.24. The summed E-state index contributed by atoms with van der Waals surface area (Å²) in [4.78, 5) is 35.0. The molecular formula is C29H40N4O3. The number of hydrogen-bond acceptors (Lipinski definition) is 5. The second-order valence-electron chi connectivity index (χ2n) is 11.8. The highest BCUT2D eigenvalue weighted by atomic mass is 16.4. The Morgan fingerprint density at radius 1 is 0.889 bits per heavy atom. The van der Waals surface area contributed by atoms with Gasteiger partial charge in [0.25, 0.3) is 5.56 Å². The number of para-hydroxylation sites is 2. The first-order valence-corrected chi connectivity index (χ1v) is 14.3. The van der Waals surface area contributed by atoms with Gasteiger partial charge in [-0.25, -0.2) is 4.98 Å². The van der Waals surface area contributed by atoms with Crippen molar-refractivity contribution in [3.05, 3.63) is 34.6 Å². The molecule has 1 N–H and O–H groups in total. The van der Waals surface area contributed by atoms with Crippen molar-refractivity contribution in [1.29, 1.82) is 0 Å². The van der Waals surface area contributed by atoms with E-state index >= 15 is 0 Å². The maximum Gasteiger partial charge on any atom is 0.303 e. The van der Waals surface area contributed by atoms with Gasteiger partial charge >= 0.3 is 5.97 Å². The van der Waals surface area contributed by atoms with Crippen LogP contribution in [-0.2, 0) is 4.79 Å². The van der Waals surface area contributed by atoms with Gasteiger partial charge in [0.15, 0.2) is 5.82 Å². The lowest BCUT2D eigenvalue weighted by molar-refractivity contribution is -0.137. The van der Waals surface area contributed by atoms with Crippen LogP contribution in [0, 0.1) is 5.92 Å². The molecule has 3 aliphatic heterocycles. The number of piperidine rings is 1. The third-order valence-electron chi connectivity index (χ3n) is 9.45. The van der Waals surface area contributed by atoms with Crippen molar-refractivity contribution in [3.8, 4) is 0 Å². The number of anilines is 1. The van der Waals surface area contributed by atoms with Gasteiger partial charge in [-0.15, -0.1) is 0 Å². The van der Waals surface area contributed by atoms with E-state index in [0.717, 1.165) is 36.3 Å². The molecular weight excluding hydrogens is 452 g/mol. The van der Waals surface area contributed by atoms with Crippen LogP contribution in [0.5, 0.6) is 0 Å². The van der Waals surface area contributed by atoms with Crippen molar-refractivity contribution < 1.29 is 9.90 Å². The molecule has 1 saturated carbocycles. The number of carboxylic acid groups (broad SMARTS) is 1. The molecule has 3 saturated heterocycles. The molecule has 7 nitrogen and oxygen atoms in total. The van der Waals surface area contributed by atoms with Crippen LogP contribution in [0.25, 0.3) is 11.0 Å². The summed E-state index contributed by atoms with van der Waals surface area (Å²) in [6.45, 7) is 1.29. The Hall–Kier alpha value is -2.41. The maximum absolute atomic E-state index is 14.0.